The van der Waals surface area contributed by atoms with Crippen LogP contribution in [0, 0.1) is 12.3 Å². The Bertz CT molecular complexity index is 1690. The standard InChI is InChI=1S/C28H25N3O4S2/c1-3-18-30-26-24(35-4-2)12-7-13-25(26)36-28(30)29-27(32)21-14-16-22(17-15-21)37(33,34)31-19-8-10-20-9-5-6-11-23(20)31/h1,5-7,9,11-17H,4,8,10,18-19H2,2H3. The van der Waals surface area contributed by atoms with Crippen LogP contribution in [0.1, 0.15) is 29.3 Å². The number of sulfonamides is 1. The summed E-state index contributed by atoms with van der Waals surface area (Å²) in [5, 5.41) is 0. The van der Waals surface area contributed by atoms with Gasteiger partial charge < -0.3 is 9.30 Å². The van der Waals surface area contributed by atoms with Crippen LogP contribution >= 0.6 is 11.3 Å². The molecule has 4 aromatic rings. The zero-order chi connectivity index (χ0) is 26.0. The summed E-state index contributed by atoms with van der Waals surface area (Å²) in [7, 11) is -3.77. The van der Waals surface area contributed by atoms with E-state index in [2.05, 4.69) is 10.9 Å². The third-order valence-corrected chi connectivity index (χ3v) is 9.04. The first-order valence-corrected chi connectivity index (χ1v) is 14.2. The third kappa shape index (κ3) is 4.66. The third-order valence-electron chi connectivity index (χ3n) is 6.17. The number of benzene rings is 3. The van der Waals surface area contributed by atoms with E-state index in [4.69, 9.17) is 11.2 Å². The largest absolute Gasteiger partial charge is 0.492 e. The molecule has 1 aromatic heterocycles. The molecule has 37 heavy (non-hydrogen) atoms. The van der Waals surface area contributed by atoms with E-state index in [1.54, 1.807) is 4.57 Å². The van der Waals surface area contributed by atoms with Gasteiger partial charge in [0.2, 0.25) is 0 Å². The summed E-state index contributed by atoms with van der Waals surface area (Å²) < 4.78 is 36.7. The van der Waals surface area contributed by atoms with Crippen LogP contribution in [0.3, 0.4) is 0 Å². The van der Waals surface area contributed by atoms with Crippen LogP contribution in [-0.2, 0) is 23.0 Å². The van der Waals surface area contributed by atoms with E-state index in [9.17, 15) is 13.2 Å². The number of aryl methyl sites for hydroxylation is 1. The molecule has 188 valence electrons. The molecule has 0 bridgehead atoms. The summed E-state index contributed by atoms with van der Waals surface area (Å²) in [5.74, 6) is 2.81. The maximum atomic E-state index is 13.4. The molecular weight excluding hydrogens is 506 g/mol. The Hall–Kier alpha value is -3.87. The van der Waals surface area contributed by atoms with Crippen molar-refractivity contribution < 1.29 is 17.9 Å². The number of terminal acetylenes is 1. The number of rotatable bonds is 6. The highest BCUT2D eigenvalue weighted by Gasteiger charge is 2.29. The molecule has 1 aliphatic heterocycles. The summed E-state index contributed by atoms with van der Waals surface area (Å²) in [6.45, 7) is 3.04. The fraction of sp³-hybridized carbons (Fsp3) is 0.214. The first-order chi connectivity index (χ1) is 17.9. The van der Waals surface area contributed by atoms with Crippen molar-refractivity contribution in [1.29, 1.82) is 0 Å². The zero-order valence-corrected chi connectivity index (χ0v) is 21.9. The summed E-state index contributed by atoms with van der Waals surface area (Å²) >= 11 is 1.34. The van der Waals surface area contributed by atoms with Gasteiger partial charge in [0, 0.05) is 12.1 Å². The van der Waals surface area contributed by atoms with E-state index in [-0.39, 0.29) is 17.0 Å². The number of fused-ring (bicyclic) bond motifs is 2. The maximum Gasteiger partial charge on any atom is 0.279 e. The minimum Gasteiger partial charge on any atom is -0.492 e. The number of carbonyl (C=O) groups excluding carboxylic acids is 1. The number of thiazole rings is 1. The number of carbonyl (C=O) groups is 1. The van der Waals surface area contributed by atoms with Crippen LogP contribution < -0.4 is 13.8 Å². The van der Waals surface area contributed by atoms with Gasteiger partial charge in [-0.25, -0.2) is 8.42 Å². The van der Waals surface area contributed by atoms with E-state index in [0.717, 1.165) is 28.6 Å². The first-order valence-electron chi connectivity index (χ1n) is 11.9. The number of anilines is 1. The molecule has 3 aromatic carbocycles. The number of hydrogen-bond acceptors (Lipinski definition) is 5. The maximum absolute atomic E-state index is 13.4. The smallest absolute Gasteiger partial charge is 0.279 e. The Morgan fingerprint density at radius 2 is 1.89 bits per heavy atom. The van der Waals surface area contributed by atoms with Crippen LogP contribution in [0.5, 0.6) is 5.75 Å². The van der Waals surface area contributed by atoms with E-state index >= 15 is 0 Å². The minimum absolute atomic E-state index is 0.131. The predicted octanol–water partition coefficient (Wildman–Crippen LogP) is 4.62. The number of amides is 1. The monoisotopic (exact) mass is 531 g/mol. The molecular formula is C28H25N3O4S2. The molecule has 0 spiro atoms. The normalized spacial score (nSPS) is 13.8. The summed E-state index contributed by atoms with van der Waals surface area (Å²) in [4.78, 5) is 18.0. The van der Waals surface area contributed by atoms with Gasteiger partial charge in [-0.05, 0) is 67.8 Å². The molecule has 7 nitrogen and oxygen atoms in total. The van der Waals surface area contributed by atoms with Gasteiger partial charge in [-0.2, -0.15) is 4.99 Å². The molecule has 0 fully saturated rings. The molecule has 9 heteroatoms. The molecule has 1 amide bonds. The number of nitrogens with zero attached hydrogens (tertiary/aromatic N) is 3. The minimum atomic E-state index is -3.77. The molecule has 0 radical (unpaired) electrons. The van der Waals surface area contributed by atoms with Crippen LogP contribution in [-0.4, -0.2) is 32.0 Å². The number of hydrogen-bond donors (Lipinski definition) is 0. The SMILES string of the molecule is C#CCn1c(=NC(=O)c2ccc(S(=O)(=O)N3CCCc4ccccc43)cc2)sc2cccc(OCC)c21. The molecule has 0 saturated carbocycles. The fourth-order valence-electron chi connectivity index (χ4n) is 4.49. The highest BCUT2D eigenvalue weighted by atomic mass is 32.2. The highest BCUT2D eigenvalue weighted by molar-refractivity contribution is 7.92. The van der Waals surface area contributed by atoms with Gasteiger partial charge in [0.05, 0.1) is 28.4 Å². The van der Waals surface area contributed by atoms with Gasteiger partial charge in [0.25, 0.3) is 15.9 Å². The first kappa shape index (κ1) is 24.8. The zero-order valence-electron chi connectivity index (χ0n) is 20.3. The number of para-hydroxylation sites is 2. The van der Waals surface area contributed by atoms with Gasteiger partial charge >= 0.3 is 0 Å². The van der Waals surface area contributed by atoms with Crippen molar-refractivity contribution in [1.82, 2.24) is 4.57 Å². The second-order valence-electron chi connectivity index (χ2n) is 8.46. The molecule has 0 unspecified atom stereocenters. The van der Waals surface area contributed by atoms with Gasteiger partial charge in [-0.15, -0.1) is 6.42 Å². The van der Waals surface area contributed by atoms with Gasteiger partial charge in [-0.3, -0.25) is 9.10 Å². The lowest BCUT2D eigenvalue weighted by atomic mass is 10.0. The molecule has 0 atom stereocenters. The Morgan fingerprint density at radius 3 is 2.65 bits per heavy atom. The lowest BCUT2D eigenvalue weighted by molar-refractivity contribution is 0.0997. The number of ether oxygens (including phenoxy) is 1. The molecule has 0 aliphatic carbocycles. The van der Waals surface area contributed by atoms with Crippen LogP contribution in [0.15, 0.2) is 76.6 Å². The molecule has 0 saturated heterocycles. The Morgan fingerprint density at radius 1 is 1.11 bits per heavy atom. The van der Waals surface area contributed by atoms with Gasteiger partial charge in [0.1, 0.15) is 11.3 Å². The summed E-state index contributed by atoms with van der Waals surface area (Å²) in [6, 6.07) is 19.1. The van der Waals surface area contributed by atoms with E-state index in [0.29, 0.717) is 29.4 Å². The molecule has 5 rings (SSSR count). The van der Waals surface area contributed by atoms with Crippen LogP contribution in [0.25, 0.3) is 10.2 Å². The average Bonchev–Trinajstić information content (AvgIpc) is 3.26. The van der Waals surface area contributed by atoms with E-state index in [1.165, 1.54) is 39.9 Å². The summed E-state index contributed by atoms with van der Waals surface area (Å²) in [6.07, 6.45) is 7.20. The van der Waals surface area contributed by atoms with Crippen molar-refractivity contribution >= 4 is 43.2 Å². The van der Waals surface area contributed by atoms with Crippen LogP contribution in [0.2, 0.25) is 0 Å². The average molecular weight is 532 g/mol. The Balaban J connectivity index is 1.48. The van der Waals surface area contributed by atoms with Gasteiger partial charge in [-0.1, -0.05) is 41.5 Å². The summed E-state index contributed by atoms with van der Waals surface area (Å²) in [5.41, 5.74) is 2.80. The highest BCUT2D eigenvalue weighted by Crippen LogP contribution is 2.32. The topological polar surface area (TPSA) is 81.0 Å². The lowest BCUT2D eigenvalue weighted by Gasteiger charge is -2.30. The predicted molar refractivity (Wildman–Crippen MR) is 145 cm³/mol. The second kappa shape index (κ2) is 10.2. The van der Waals surface area contributed by atoms with E-state index < -0.39 is 15.9 Å². The molecule has 1 aliphatic rings. The van der Waals surface area contributed by atoms with Crippen molar-refractivity contribution in [2.75, 3.05) is 17.5 Å². The van der Waals surface area contributed by atoms with Crippen molar-refractivity contribution in [3.05, 3.63) is 82.7 Å². The Kier molecular flexibility index (Phi) is 6.87. The molecule has 2 heterocycles. The number of aromatic nitrogens is 1. The van der Waals surface area contributed by atoms with Crippen molar-refractivity contribution in [2.45, 2.75) is 31.2 Å². The lowest BCUT2D eigenvalue weighted by Crippen LogP contribution is -2.35. The Labute approximate surface area is 219 Å². The fourth-order valence-corrected chi connectivity index (χ4v) is 7.08. The van der Waals surface area contributed by atoms with Crippen molar-refractivity contribution in [2.24, 2.45) is 4.99 Å². The second-order valence-corrected chi connectivity index (χ2v) is 11.3. The van der Waals surface area contributed by atoms with E-state index in [1.807, 2.05) is 49.4 Å². The van der Waals surface area contributed by atoms with Gasteiger partial charge in [0.15, 0.2) is 4.80 Å². The van der Waals surface area contributed by atoms with Crippen molar-refractivity contribution in [3.63, 3.8) is 0 Å². The van der Waals surface area contributed by atoms with Crippen molar-refractivity contribution in [3.8, 4) is 18.1 Å². The quantitative estimate of drug-likeness (QED) is 0.340. The van der Waals surface area contributed by atoms with Crippen LogP contribution in [0.4, 0.5) is 5.69 Å². The molecule has 0 N–H and O–H groups in total.